The molecule has 0 aromatic heterocycles. The Labute approximate surface area is 79.1 Å². The van der Waals surface area contributed by atoms with Crippen molar-refractivity contribution in [2.75, 3.05) is 21.3 Å². The minimum Gasteiger partial charge on any atom is -0.379 e. The summed E-state index contributed by atoms with van der Waals surface area (Å²) < 4.78 is 21.2. The minimum atomic E-state index is -0.272. The summed E-state index contributed by atoms with van der Waals surface area (Å²) in [5, 5.41) is 0. The fourth-order valence-electron chi connectivity index (χ4n) is 1.62. The molecule has 0 spiro atoms. The normalized spacial score (nSPS) is 40.6. The van der Waals surface area contributed by atoms with E-state index < -0.39 is 0 Å². The van der Waals surface area contributed by atoms with E-state index in [1.807, 2.05) is 6.92 Å². The third-order valence-electron chi connectivity index (χ3n) is 2.48. The van der Waals surface area contributed by atoms with Crippen molar-refractivity contribution in [3.05, 3.63) is 0 Å². The number of hydrogen-bond donors (Lipinski definition) is 0. The van der Waals surface area contributed by atoms with E-state index in [1.54, 1.807) is 21.3 Å². The maximum atomic E-state index is 5.57. The second-order valence-electron chi connectivity index (χ2n) is 3.23. The van der Waals surface area contributed by atoms with Gasteiger partial charge in [0, 0.05) is 27.8 Å². The molecule has 1 aliphatic rings. The van der Waals surface area contributed by atoms with Crippen molar-refractivity contribution in [1.82, 2.24) is 0 Å². The molecular weight excluding hydrogens is 172 g/mol. The zero-order chi connectivity index (χ0) is 9.84. The Morgan fingerprint density at radius 2 is 1.62 bits per heavy atom. The number of rotatable bonds is 3. The highest BCUT2D eigenvalue weighted by molar-refractivity contribution is 4.80. The molecule has 1 fully saturated rings. The summed E-state index contributed by atoms with van der Waals surface area (Å²) in [6.07, 6.45) is 0.655. The zero-order valence-electron chi connectivity index (χ0n) is 8.65. The van der Waals surface area contributed by atoms with E-state index in [-0.39, 0.29) is 24.6 Å². The Hall–Kier alpha value is -0.160. The predicted molar refractivity (Wildman–Crippen MR) is 47.6 cm³/mol. The lowest BCUT2D eigenvalue weighted by Gasteiger charge is -2.37. The molecule has 1 aliphatic heterocycles. The lowest BCUT2D eigenvalue weighted by molar-refractivity contribution is -0.260. The summed E-state index contributed by atoms with van der Waals surface area (Å²) in [7, 11) is 4.96. The van der Waals surface area contributed by atoms with Crippen molar-refractivity contribution in [3.63, 3.8) is 0 Å². The molecule has 0 unspecified atom stereocenters. The van der Waals surface area contributed by atoms with Gasteiger partial charge in [0.1, 0.15) is 6.10 Å². The van der Waals surface area contributed by atoms with E-state index in [2.05, 4.69) is 0 Å². The summed E-state index contributed by atoms with van der Waals surface area (Å²) in [4.78, 5) is 0. The standard InChI is InChI=1S/C9H18O4/c1-6-7(10-2)5-8(11-3)9(12-4)13-6/h6-9H,5H2,1-4H3/t6-,7+,8+,9+/m0/s1. The van der Waals surface area contributed by atoms with E-state index in [0.29, 0.717) is 0 Å². The maximum Gasteiger partial charge on any atom is 0.183 e. The number of hydrogen-bond acceptors (Lipinski definition) is 4. The quantitative estimate of drug-likeness (QED) is 0.659. The van der Waals surface area contributed by atoms with E-state index in [4.69, 9.17) is 18.9 Å². The molecule has 0 aromatic carbocycles. The van der Waals surface area contributed by atoms with E-state index in [0.717, 1.165) is 6.42 Å². The Bertz CT molecular complexity index is 151. The van der Waals surface area contributed by atoms with Crippen LogP contribution in [0.5, 0.6) is 0 Å². The molecule has 0 bridgehead atoms. The summed E-state index contributed by atoms with van der Waals surface area (Å²) >= 11 is 0. The Balaban J connectivity index is 2.54. The predicted octanol–water partition coefficient (Wildman–Crippen LogP) is 0.798. The molecule has 0 radical (unpaired) electrons. The summed E-state index contributed by atoms with van der Waals surface area (Å²) in [5.74, 6) is 0. The Morgan fingerprint density at radius 1 is 1.00 bits per heavy atom. The van der Waals surface area contributed by atoms with Gasteiger partial charge in [0.05, 0.1) is 12.2 Å². The monoisotopic (exact) mass is 190 g/mol. The molecule has 1 heterocycles. The average molecular weight is 190 g/mol. The molecule has 0 N–H and O–H groups in total. The van der Waals surface area contributed by atoms with Gasteiger partial charge in [-0.3, -0.25) is 0 Å². The lowest BCUT2D eigenvalue weighted by atomic mass is 10.0. The third-order valence-corrected chi connectivity index (χ3v) is 2.48. The molecule has 1 saturated heterocycles. The maximum absolute atomic E-state index is 5.57. The third kappa shape index (κ3) is 2.40. The summed E-state index contributed by atoms with van der Waals surface area (Å²) in [6.45, 7) is 1.98. The summed E-state index contributed by atoms with van der Waals surface area (Å²) in [5.41, 5.74) is 0. The molecule has 0 aromatic rings. The van der Waals surface area contributed by atoms with Gasteiger partial charge in [-0.25, -0.2) is 0 Å². The SMILES string of the molecule is CO[C@@H]1O[C@@H](C)[C@H](OC)C[C@H]1OC. The van der Waals surface area contributed by atoms with Crippen LogP contribution in [0.25, 0.3) is 0 Å². The van der Waals surface area contributed by atoms with Crippen molar-refractivity contribution in [2.45, 2.75) is 37.9 Å². The van der Waals surface area contributed by atoms with Gasteiger partial charge in [0.25, 0.3) is 0 Å². The van der Waals surface area contributed by atoms with Crippen LogP contribution < -0.4 is 0 Å². The number of methoxy groups -OCH3 is 3. The molecule has 0 saturated carbocycles. The minimum absolute atomic E-state index is 0.0360. The van der Waals surface area contributed by atoms with E-state index >= 15 is 0 Å². The zero-order valence-corrected chi connectivity index (χ0v) is 8.65. The van der Waals surface area contributed by atoms with Crippen molar-refractivity contribution in [2.24, 2.45) is 0 Å². The Kier molecular flexibility index (Phi) is 4.12. The molecule has 78 valence electrons. The van der Waals surface area contributed by atoms with Gasteiger partial charge >= 0.3 is 0 Å². The highest BCUT2D eigenvalue weighted by Crippen LogP contribution is 2.24. The van der Waals surface area contributed by atoms with Gasteiger partial charge in [-0.15, -0.1) is 0 Å². The molecule has 4 nitrogen and oxygen atoms in total. The highest BCUT2D eigenvalue weighted by Gasteiger charge is 2.36. The van der Waals surface area contributed by atoms with Crippen LogP contribution in [0.1, 0.15) is 13.3 Å². The van der Waals surface area contributed by atoms with E-state index in [1.165, 1.54) is 0 Å². The van der Waals surface area contributed by atoms with Gasteiger partial charge in [0.15, 0.2) is 6.29 Å². The first-order chi connectivity index (χ1) is 6.22. The van der Waals surface area contributed by atoms with Gasteiger partial charge in [0.2, 0.25) is 0 Å². The van der Waals surface area contributed by atoms with Gasteiger partial charge < -0.3 is 18.9 Å². The van der Waals surface area contributed by atoms with E-state index in [9.17, 15) is 0 Å². The largest absolute Gasteiger partial charge is 0.379 e. The van der Waals surface area contributed by atoms with Crippen molar-refractivity contribution < 1.29 is 18.9 Å². The molecule has 0 aliphatic carbocycles. The second kappa shape index (κ2) is 4.91. The van der Waals surface area contributed by atoms with Gasteiger partial charge in [-0.2, -0.15) is 0 Å². The Morgan fingerprint density at radius 3 is 2.08 bits per heavy atom. The summed E-state index contributed by atoms with van der Waals surface area (Å²) in [6, 6.07) is 0. The van der Waals surface area contributed by atoms with Crippen LogP contribution in [-0.2, 0) is 18.9 Å². The average Bonchev–Trinajstić information content (AvgIpc) is 2.17. The van der Waals surface area contributed by atoms with Gasteiger partial charge in [-0.05, 0) is 6.92 Å². The molecule has 4 atom stereocenters. The smallest absolute Gasteiger partial charge is 0.183 e. The van der Waals surface area contributed by atoms with Crippen LogP contribution in [0.4, 0.5) is 0 Å². The first-order valence-corrected chi connectivity index (χ1v) is 4.46. The van der Waals surface area contributed by atoms with Crippen molar-refractivity contribution >= 4 is 0 Å². The lowest BCUT2D eigenvalue weighted by Crippen LogP contribution is -2.48. The van der Waals surface area contributed by atoms with Crippen molar-refractivity contribution in [1.29, 1.82) is 0 Å². The second-order valence-corrected chi connectivity index (χ2v) is 3.23. The van der Waals surface area contributed by atoms with Crippen LogP contribution in [0.15, 0.2) is 0 Å². The van der Waals surface area contributed by atoms with Crippen LogP contribution in [-0.4, -0.2) is 45.9 Å². The molecular formula is C9H18O4. The van der Waals surface area contributed by atoms with Gasteiger partial charge in [-0.1, -0.05) is 0 Å². The molecule has 1 rings (SSSR count). The molecule has 0 amide bonds. The highest BCUT2D eigenvalue weighted by atomic mass is 16.7. The molecule has 4 heteroatoms. The fraction of sp³-hybridized carbons (Fsp3) is 1.00. The van der Waals surface area contributed by atoms with Crippen LogP contribution in [0.2, 0.25) is 0 Å². The number of ether oxygens (including phenoxy) is 4. The van der Waals surface area contributed by atoms with Crippen LogP contribution in [0.3, 0.4) is 0 Å². The van der Waals surface area contributed by atoms with Crippen LogP contribution in [0, 0.1) is 0 Å². The molecule has 13 heavy (non-hydrogen) atoms. The van der Waals surface area contributed by atoms with Crippen molar-refractivity contribution in [3.8, 4) is 0 Å². The first kappa shape index (κ1) is 10.9. The topological polar surface area (TPSA) is 36.9 Å². The van der Waals surface area contributed by atoms with Crippen LogP contribution >= 0.6 is 0 Å². The first-order valence-electron chi connectivity index (χ1n) is 4.46. The fourth-order valence-corrected chi connectivity index (χ4v) is 1.62.